The number of halogens is 3. The van der Waals surface area contributed by atoms with Gasteiger partial charge in [-0.15, -0.1) is 13.2 Å². The van der Waals surface area contributed by atoms with Gasteiger partial charge >= 0.3 is 12.4 Å². The van der Waals surface area contributed by atoms with Crippen molar-refractivity contribution in [1.82, 2.24) is 4.90 Å². The number of carbonyl (C=O) groups is 1. The monoisotopic (exact) mass is 269 g/mol. The lowest BCUT2D eigenvalue weighted by Crippen LogP contribution is -2.42. The van der Waals surface area contributed by atoms with Crippen molar-refractivity contribution in [3.05, 3.63) is 0 Å². The quantitative estimate of drug-likeness (QED) is 0.490. The first-order chi connectivity index (χ1) is 8.39. The molecule has 0 aromatic rings. The van der Waals surface area contributed by atoms with Crippen LogP contribution in [0.3, 0.4) is 0 Å². The molecule has 0 saturated carbocycles. The molecule has 108 valence electrons. The smallest absolute Gasteiger partial charge is 0.465 e. The zero-order valence-corrected chi connectivity index (χ0v) is 10.8. The molecule has 1 N–H and O–H groups in total. The molecule has 0 aliphatic heterocycles. The summed E-state index contributed by atoms with van der Waals surface area (Å²) in [7, 11) is 0. The molecule has 0 radical (unpaired) electrons. The Hall–Kier alpha value is -0.940. The minimum atomic E-state index is -4.78. The van der Waals surface area contributed by atoms with Crippen LogP contribution < -0.4 is 0 Å². The molecule has 0 saturated heterocycles. The Kier molecular flexibility index (Phi) is 8.58. The SMILES string of the molecule is CCCCCCCCCCN(C(=O)O)C(F)(F)F. The minimum absolute atomic E-state index is 0.263. The van der Waals surface area contributed by atoms with E-state index in [0.717, 1.165) is 19.3 Å². The minimum Gasteiger partial charge on any atom is -0.465 e. The van der Waals surface area contributed by atoms with E-state index in [1.54, 1.807) is 0 Å². The topological polar surface area (TPSA) is 40.5 Å². The van der Waals surface area contributed by atoms with E-state index in [-0.39, 0.29) is 6.42 Å². The molecular weight excluding hydrogens is 247 g/mol. The van der Waals surface area contributed by atoms with Gasteiger partial charge in [-0.1, -0.05) is 51.9 Å². The van der Waals surface area contributed by atoms with Gasteiger partial charge in [0, 0.05) is 6.54 Å². The van der Waals surface area contributed by atoms with Crippen molar-refractivity contribution in [3.63, 3.8) is 0 Å². The van der Waals surface area contributed by atoms with Crippen molar-refractivity contribution < 1.29 is 23.1 Å². The van der Waals surface area contributed by atoms with Crippen molar-refractivity contribution >= 4 is 6.09 Å². The van der Waals surface area contributed by atoms with Gasteiger partial charge < -0.3 is 5.11 Å². The highest BCUT2D eigenvalue weighted by molar-refractivity contribution is 5.65. The van der Waals surface area contributed by atoms with Gasteiger partial charge in [0.2, 0.25) is 0 Å². The molecule has 0 bridgehead atoms. The van der Waals surface area contributed by atoms with E-state index in [1.165, 1.54) is 19.3 Å². The van der Waals surface area contributed by atoms with E-state index >= 15 is 0 Å². The van der Waals surface area contributed by atoms with E-state index in [4.69, 9.17) is 5.11 Å². The summed E-state index contributed by atoms with van der Waals surface area (Å²) in [5, 5.41) is 8.41. The van der Waals surface area contributed by atoms with Crippen molar-refractivity contribution in [2.45, 2.75) is 64.6 Å². The number of hydrogen-bond acceptors (Lipinski definition) is 1. The van der Waals surface area contributed by atoms with E-state index < -0.39 is 23.8 Å². The Balaban J connectivity index is 3.60. The van der Waals surface area contributed by atoms with Crippen molar-refractivity contribution in [2.75, 3.05) is 6.54 Å². The molecule has 0 heterocycles. The molecule has 6 heteroatoms. The summed E-state index contributed by atoms with van der Waals surface area (Å²) in [6, 6.07) is 0. The summed E-state index contributed by atoms with van der Waals surface area (Å²) in [5.41, 5.74) is 0. The molecular formula is C12H22F3NO2. The average Bonchev–Trinajstić information content (AvgIpc) is 2.24. The molecule has 0 fully saturated rings. The third kappa shape index (κ3) is 8.20. The first kappa shape index (κ1) is 17.1. The normalized spacial score (nSPS) is 11.6. The summed E-state index contributed by atoms with van der Waals surface area (Å²) < 4.78 is 36.7. The second kappa shape index (κ2) is 9.05. The molecule has 0 spiro atoms. The number of unbranched alkanes of at least 4 members (excludes halogenated alkanes) is 7. The summed E-state index contributed by atoms with van der Waals surface area (Å²) in [6.07, 6.45) is 0.716. The van der Waals surface area contributed by atoms with Crippen LogP contribution in [0.25, 0.3) is 0 Å². The zero-order chi connectivity index (χ0) is 14.0. The van der Waals surface area contributed by atoms with Crippen LogP contribution >= 0.6 is 0 Å². The van der Waals surface area contributed by atoms with E-state index in [9.17, 15) is 18.0 Å². The van der Waals surface area contributed by atoms with Crippen LogP contribution in [0.15, 0.2) is 0 Å². The van der Waals surface area contributed by atoms with Gasteiger partial charge in [-0.3, -0.25) is 0 Å². The Labute approximate surface area is 106 Å². The molecule has 0 aliphatic rings. The van der Waals surface area contributed by atoms with E-state index in [2.05, 4.69) is 6.92 Å². The first-order valence-corrected chi connectivity index (χ1v) is 6.47. The fourth-order valence-corrected chi connectivity index (χ4v) is 1.73. The van der Waals surface area contributed by atoms with Crippen LogP contribution in [0.5, 0.6) is 0 Å². The van der Waals surface area contributed by atoms with Gasteiger partial charge in [-0.25, -0.2) is 9.69 Å². The lowest BCUT2D eigenvalue weighted by molar-refractivity contribution is -0.228. The van der Waals surface area contributed by atoms with E-state index in [1.807, 2.05) is 0 Å². The number of alkyl halides is 3. The van der Waals surface area contributed by atoms with Gasteiger partial charge in [0.05, 0.1) is 0 Å². The molecule has 0 aliphatic carbocycles. The Morgan fingerprint density at radius 2 is 1.44 bits per heavy atom. The maximum absolute atomic E-state index is 12.2. The highest BCUT2D eigenvalue weighted by Gasteiger charge is 2.40. The predicted octanol–water partition coefficient (Wildman–Crippen LogP) is 4.63. The van der Waals surface area contributed by atoms with Crippen molar-refractivity contribution in [3.8, 4) is 0 Å². The fraction of sp³-hybridized carbons (Fsp3) is 0.917. The zero-order valence-electron chi connectivity index (χ0n) is 10.8. The predicted molar refractivity (Wildman–Crippen MR) is 63.4 cm³/mol. The Bertz CT molecular complexity index is 232. The number of nitrogens with zero attached hydrogens (tertiary/aromatic N) is 1. The van der Waals surface area contributed by atoms with Crippen LogP contribution in [0, 0.1) is 0 Å². The fourth-order valence-electron chi connectivity index (χ4n) is 1.73. The third-order valence-corrected chi connectivity index (χ3v) is 2.77. The molecule has 0 aromatic carbocycles. The lowest BCUT2D eigenvalue weighted by Gasteiger charge is -2.21. The number of hydrogen-bond donors (Lipinski definition) is 1. The highest BCUT2D eigenvalue weighted by atomic mass is 19.4. The van der Waals surface area contributed by atoms with Crippen molar-refractivity contribution in [2.24, 2.45) is 0 Å². The van der Waals surface area contributed by atoms with Crippen LogP contribution in [-0.4, -0.2) is 28.9 Å². The van der Waals surface area contributed by atoms with Gasteiger partial charge in [0.25, 0.3) is 0 Å². The van der Waals surface area contributed by atoms with E-state index in [0.29, 0.717) is 6.42 Å². The first-order valence-electron chi connectivity index (χ1n) is 6.47. The highest BCUT2D eigenvalue weighted by Crippen LogP contribution is 2.22. The maximum Gasteiger partial charge on any atom is 0.489 e. The molecule has 0 aromatic heterocycles. The summed E-state index contributed by atoms with van der Waals surface area (Å²) >= 11 is 0. The molecule has 0 unspecified atom stereocenters. The number of carboxylic acid groups (broad SMARTS) is 1. The summed E-state index contributed by atoms with van der Waals surface area (Å²) in [5.74, 6) is 0. The average molecular weight is 269 g/mol. The van der Waals surface area contributed by atoms with Crippen molar-refractivity contribution in [1.29, 1.82) is 0 Å². The molecule has 1 amide bonds. The second-order valence-corrected chi connectivity index (χ2v) is 4.38. The van der Waals surface area contributed by atoms with Crippen LogP contribution in [0.1, 0.15) is 58.3 Å². The molecule has 0 rings (SSSR count). The molecule has 0 atom stereocenters. The summed E-state index contributed by atoms with van der Waals surface area (Å²) in [4.78, 5) is 9.94. The lowest BCUT2D eigenvalue weighted by atomic mass is 10.1. The van der Waals surface area contributed by atoms with Gasteiger partial charge in [-0.05, 0) is 6.42 Å². The maximum atomic E-state index is 12.2. The standard InChI is InChI=1S/C12H22F3NO2/c1-2-3-4-5-6-7-8-9-10-16(11(17)18)12(13,14)15/h2-10H2,1H3,(H,17,18). The van der Waals surface area contributed by atoms with Gasteiger partial charge in [0.1, 0.15) is 0 Å². The third-order valence-electron chi connectivity index (χ3n) is 2.77. The summed E-state index contributed by atoms with van der Waals surface area (Å²) in [6.45, 7) is 1.66. The Morgan fingerprint density at radius 1 is 1.00 bits per heavy atom. The van der Waals surface area contributed by atoms with Crippen LogP contribution in [-0.2, 0) is 0 Å². The van der Waals surface area contributed by atoms with Crippen LogP contribution in [0.4, 0.5) is 18.0 Å². The second-order valence-electron chi connectivity index (χ2n) is 4.38. The van der Waals surface area contributed by atoms with Crippen LogP contribution in [0.2, 0.25) is 0 Å². The largest absolute Gasteiger partial charge is 0.489 e. The molecule has 3 nitrogen and oxygen atoms in total. The van der Waals surface area contributed by atoms with Gasteiger partial charge in [0.15, 0.2) is 0 Å². The van der Waals surface area contributed by atoms with Gasteiger partial charge in [-0.2, -0.15) is 0 Å². The number of amides is 1. The molecule has 18 heavy (non-hydrogen) atoms. The Morgan fingerprint density at radius 3 is 1.83 bits per heavy atom. The number of rotatable bonds is 9.